The molecule has 0 atom stereocenters. The Hall–Kier alpha value is -4.14. The van der Waals surface area contributed by atoms with Gasteiger partial charge in [-0.2, -0.15) is 4.52 Å². The standard InChI is InChI=1S/C24H25N5O4/c1-3-17-6-4-5-7-20(17)33-16-22(30)25-14-15-32-23-13-12-21-26-27-24(29(21)28-23)18-8-10-19(31-2)11-9-18/h4-13H,3,14-16H2,1-2H3,(H,25,30). The summed E-state index contributed by atoms with van der Waals surface area (Å²) in [5, 5.41) is 15.6. The molecule has 1 N–H and O–H groups in total. The minimum atomic E-state index is -0.214. The van der Waals surface area contributed by atoms with Crippen molar-refractivity contribution in [3.8, 4) is 28.8 Å². The third-order valence-corrected chi connectivity index (χ3v) is 4.97. The van der Waals surface area contributed by atoms with Crippen LogP contribution in [-0.2, 0) is 11.2 Å². The van der Waals surface area contributed by atoms with Crippen molar-refractivity contribution >= 4 is 11.6 Å². The number of para-hydroxylation sites is 1. The summed E-state index contributed by atoms with van der Waals surface area (Å²) in [6.07, 6.45) is 0.843. The molecule has 0 spiro atoms. The second-order valence-electron chi connectivity index (χ2n) is 7.14. The first kappa shape index (κ1) is 22.1. The number of carbonyl (C=O) groups excluding carboxylic acids is 1. The van der Waals surface area contributed by atoms with Gasteiger partial charge in [0.15, 0.2) is 18.1 Å². The molecule has 0 fully saturated rings. The Morgan fingerprint density at radius 1 is 1.00 bits per heavy atom. The number of aromatic nitrogens is 4. The van der Waals surface area contributed by atoms with Crippen molar-refractivity contribution in [3.05, 3.63) is 66.2 Å². The molecule has 0 saturated heterocycles. The van der Waals surface area contributed by atoms with E-state index in [1.54, 1.807) is 23.8 Å². The average Bonchev–Trinajstić information content (AvgIpc) is 3.29. The second-order valence-corrected chi connectivity index (χ2v) is 7.14. The zero-order chi connectivity index (χ0) is 23.0. The van der Waals surface area contributed by atoms with Crippen molar-refractivity contribution in [3.63, 3.8) is 0 Å². The lowest BCUT2D eigenvalue weighted by Gasteiger charge is -2.11. The van der Waals surface area contributed by atoms with Crippen molar-refractivity contribution in [1.82, 2.24) is 25.1 Å². The van der Waals surface area contributed by atoms with Crippen LogP contribution in [0.25, 0.3) is 17.0 Å². The number of benzene rings is 2. The van der Waals surface area contributed by atoms with Gasteiger partial charge in [0.2, 0.25) is 5.88 Å². The van der Waals surface area contributed by atoms with Crippen LogP contribution in [0.15, 0.2) is 60.7 Å². The average molecular weight is 447 g/mol. The van der Waals surface area contributed by atoms with E-state index in [2.05, 4.69) is 20.6 Å². The Kier molecular flexibility index (Phi) is 6.99. The number of nitrogens with zero attached hydrogens (tertiary/aromatic N) is 4. The van der Waals surface area contributed by atoms with Crippen molar-refractivity contribution in [2.75, 3.05) is 26.9 Å². The van der Waals surface area contributed by atoms with Gasteiger partial charge in [0.05, 0.1) is 13.7 Å². The van der Waals surface area contributed by atoms with Crippen LogP contribution < -0.4 is 19.5 Å². The molecule has 4 rings (SSSR count). The Labute approximate surface area is 191 Å². The molecule has 1 amide bonds. The van der Waals surface area contributed by atoms with Crippen molar-refractivity contribution in [1.29, 1.82) is 0 Å². The highest BCUT2D eigenvalue weighted by Gasteiger charge is 2.11. The number of carbonyl (C=O) groups is 1. The SMILES string of the molecule is CCc1ccccc1OCC(=O)NCCOc1ccc2nnc(-c3ccc(OC)cc3)n2n1. The molecular formula is C24H25N5O4. The Morgan fingerprint density at radius 3 is 2.61 bits per heavy atom. The molecule has 0 unspecified atom stereocenters. The molecule has 0 aliphatic heterocycles. The topological polar surface area (TPSA) is 99.9 Å². The molecule has 0 saturated carbocycles. The number of methoxy groups -OCH3 is 1. The van der Waals surface area contributed by atoms with E-state index >= 15 is 0 Å². The first-order valence-electron chi connectivity index (χ1n) is 10.6. The Balaban J connectivity index is 1.30. The van der Waals surface area contributed by atoms with Crippen LogP contribution in [0.1, 0.15) is 12.5 Å². The quantitative estimate of drug-likeness (QED) is 0.373. The summed E-state index contributed by atoms with van der Waals surface area (Å²) in [5.41, 5.74) is 2.52. The minimum absolute atomic E-state index is 0.0485. The van der Waals surface area contributed by atoms with Crippen molar-refractivity contribution < 1.29 is 19.0 Å². The molecule has 9 heteroatoms. The van der Waals surface area contributed by atoms with E-state index in [0.717, 1.165) is 29.0 Å². The number of hydrogen-bond donors (Lipinski definition) is 1. The van der Waals surface area contributed by atoms with Gasteiger partial charge in [-0.25, -0.2) is 0 Å². The molecule has 9 nitrogen and oxygen atoms in total. The molecule has 170 valence electrons. The lowest BCUT2D eigenvalue weighted by atomic mass is 10.1. The van der Waals surface area contributed by atoms with Gasteiger partial charge in [0, 0.05) is 11.6 Å². The fourth-order valence-electron chi connectivity index (χ4n) is 3.25. The lowest BCUT2D eigenvalue weighted by molar-refractivity contribution is -0.123. The van der Waals surface area contributed by atoms with Gasteiger partial charge in [0.1, 0.15) is 18.1 Å². The monoisotopic (exact) mass is 447 g/mol. The van der Waals surface area contributed by atoms with Crippen LogP contribution in [0.2, 0.25) is 0 Å². The van der Waals surface area contributed by atoms with Gasteiger partial charge in [-0.05, 0) is 48.4 Å². The number of fused-ring (bicyclic) bond motifs is 1. The molecule has 0 aliphatic rings. The molecule has 33 heavy (non-hydrogen) atoms. The molecule has 2 aromatic carbocycles. The van der Waals surface area contributed by atoms with E-state index in [0.29, 0.717) is 23.9 Å². The summed E-state index contributed by atoms with van der Waals surface area (Å²) >= 11 is 0. The van der Waals surface area contributed by atoms with E-state index in [-0.39, 0.29) is 19.1 Å². The smallest absolute Gasteiger partial charge is 0.258 e. The third-order valence-electron chi connectivity index (χ3n) is 4.97. The van der Waals surface area contributed by atoms with Crippen LogP contribution in [0.4, 0.5) is 0 Å². The zero-order valence-electron chi connectivity index (χ0n) is 18.5. The summed E-state index contributed by atoms with van der Waals surface area (Å²) in [4.78, 5) is 12.1. The largest absolute Gasteiger partial charge is 0.497 e. The van der Waals surface area contributed by atoms with Crippen LogP contribution >= 0.6 is 0 Å². The third kappa shape index (κ3) is 5.38. The number of rotatable bonds is 10. The predicted octanol–water partition coefficient (Wildman–Crippen LogP) is 2.94. The van der Waals surface area contributed by atoms with Crippen LogP contribution in [0.3, 0.4) is 0 Å². The molecule has 0 radical (unpaired) electrons. The highest BCUT2D eigenvalue weighted by atomic mass is 16.5. The van der Waals surface area contributed by atoms with Gasteiger partial charge in [-0.1, -0.05) is 25.1 Å². The fraction of sp³-hybridized carbons (Fsp3) is 0.250. The van der Waals surface area contributed by atoms with Gasteiger partial charge < -0.3 is 19.5 Å². The van der Waals surface area contributed by atoms with Crippen molar-refractivity contribution in [2.24, 2.45) is 0 Å². The number of nitrogens with one attached hydrogen (secondary N) is 1. The zero-order valence-corrected chi connectivity index (χ0v) is 18.5. The van der Waals surface area contributed by atoms with Gasteiger partial charge in [-0.3, -0.25) is 4.79 Å². The minimum Gasteiger partial charge on any atom is -0.497 e. The molecule has 2 heterocycles. The highest BCUT2D eigenvalue weighted by molar-refractivity contribution is 5.77. The predicted molar refractivity (Wildman–Crippen MR) is 123 cm³/mol. The number of aryl methyl sites for hydroxylation is 1. The van der Waals surface area contributed by atoms with Gasteiger partial charge >= 0.3 is 0 Å². The van der Waals surface area contributed by atoms with Gasteiger partial charge in [0.25, 0.3) is 5.91 Å². The second kappa shape index (κ2) is 10.4. The van der Waals surface area contributed by atoms with E-state index in [1.165, 1.54) is 0 Å². The summed E-state index contributed by atoms with van der Waals surface area (Å²) in [6.45, 7) is 2.58. The maximum atomic E-state index is 12.1. The maximum absolute atomic E-state index is 12.1. The van der Waals surface area contributed by atoms with Gasteiger partial charge in [-0.15, -0.1) is 15.3 Å². The number of hydrogen-bond acceptors (Lipinski definition) is 7. The lowest BCUT2D eigenvalue weighted by Crippen LogP contribution is -2.32. The fourth-order valence-corrected chi connectivity index (χ4v) is 3.25. The van der Waals surface area contributed by atoms with E-state index < -0.39 is 0 Å². The molecule has 0 bridgehead atoms. The maximum Gasteiger partial charge on any atom is 0.258 e. The van der Waals surface area contributed by atoms with Crippen molar-refractivity contribution in [2.45, 2.75) is 13.3 Å². The van der Waals surface area contributed by atoms with E-state index in [4.69, 9.17) is 14.2 Å². The molecule has 0 aliphatic carbocycles. The number of amides is 1. The normalized spacial score (nSPS) is 10.7. The number of ether oxygens (including phenoxy) is 3. The Bertz CT molecular complexity index is 1220. The summed E-state index contributed by atoms with van der Waals surface area (Å²) in [7, 11) is 1.62. The van der Waals surface area contributed by atoms with Crippen LogP contribution in [0.5, 0.6) is 17.4 Å². The molecular weight excluding hydrogens is 422 g/mol. The van der Waals surface area contributed by atoms with E-state index in [1.807, 2.05) is 55.5 Å². The summed E-state index contributed by atoms with van der Waals surface area (Å²) in [5.74, 6) is 2.26. The summed E-state index contributed by atoms with van der Waals surface area (Å²) < 4.78 is 18.1. The van der Waals surface area contributed by atoms with E-state index in [9.17, 15) is 4.79 Å². The first-order valence-corrected chi connectivity index (χ1v) is 10.6. The first-order chi connectivity index (χ1) is 16.2. The molecule has 4 aromatic rings. The Morgan fingerprint density at radius 2 is 1.82 bits per heavy atom. The molecule has 2 aromatic heterocycles. The van der Waals surface area contributed by atoms with Crippen LogP contribution in [0, 0.1) is 0 Å². The summed E-state index contributed by atoms with van der Waals surface area (Å²) in [6, 6.07) is 18.7. The highest BCUT2D eigenvalue weighted by Crippen LogP contribution is 2.22. The van der Waals surface area contributed by atoms with Crippen LogP contribution in [-0.4, -0.2) is 52.6 Å².